The second kappa shape index (κ2) is 6.12. The smallest absolute Gasteiger partial charge is 0.255 e. The van der Waals surface area contributed by atoms with E-state index in [2.05, 4.69) is 10.2 Å². The van der Waals surface area contributed by atoms with Crippen molar-refractivity contribution in [3.05, 3.63) is 29.8 Å². The first kappa shape index (κ1) is 12.5. The Labute approximate surface area is 95.5 Å². The fourth-order valence-corrected chi connectivity index (χ4v) is 1.21. The van der Waals surface area contributed by atoms with Crippen LogP contribution in [-0.4, -0.2) is 19.6 Å². The lowest BCUT2D eigenvalue weighted by Crippen LogP contribution is -2.27. The summed E-state index contributed by atoms with van der Waals surface area (Å²) in [5, 5.41) is 2.82. The van der Waals surface area contributed by atoms with Gasteiger partial charge in [-0.2, -0.15) is 4.89 Å². The summed E-state index contributed by atoms with van der Waals surface area (Å²) in [6, 6.07) is 6.96. The van der Waals surface area contributed by atoms with Crippen molar-refractivity contribution < 1.29 is 14.6 Å². The monoisotopic (exact) mass is 223 g/mol. The highest BCUT2D eigenvalue weighted by atomic mass is 17.2. The molecule has 1 amide bonds. The lowest BCUT2D eigenvalue weighted by atomic mass is 10.1. The van der Waals surface area contributed by atoms with E-state index in [9.17, 15) is 4.79 Å². The van der Waals surface area contributed by atoms with E-state index in [1.54, 1.807) is 24.3 Å². The van der Waals surface area contributed by atoms with Crippen LogP contribution < -0.4 is 10.2 Å². The third-order valence-electron chi connectivity index (χ3n) is 1.98. The number of benzene rings is 1. The van der Waals surface area contributed by atoms with Gasteiger partial charge in [-0.25, -0.2) is 0 Å². The maximum absolute atomic E-state index is 11.8. The Kier molecular flexibility index (Phi) is 4.79. The van der Waals surface area contributed by atoms with E-state index in [-0.39, 0.29) is 5.91 Å². The molecule has 88 valence electrons. The summed E-state index contributed by atoms with van der Waals surface area (Å²) < 4.78 is 0. The summed E-state index contributed by atoms with van der Waals surface area (Å²) >= 11 is 0. The number of nitrogens with one attached hydrogen (secondary N) is 1. The van der Waals surface area contributed by atoms with E-state index in [0.29, 0.717) is 23.8 Å². The van der Waals surface area contributed by atoms with Crippen molar-refractivity contribution in [2.75, 3.05) is 13.7 Å². The van der Waals surface area contributed by atoms with Crippen LogP contribution in [0.1, 0.15) is 24.2 Å². The zero-order valence-electron chi connectivity index (χ0n) is 9.82. The van der Waals surface area contributed by atoms with Gasteiger partial charge in [-0.3, -0.25) is 4.79 Å². The molecule has 0 aliphatic carbocycles. The highest BCUT2D eigenvalue weighted by Gasteiger charge is 2.12. The van der Waals surface area contributed by atoms with Crippen LogP contribution in [0.4, 0.5) is 0 Å². The molecule has 0 saturated carbocycles. The topological polar surface area (TPSA) is 47.6 Å². The molecule has 1 aromatic carbocycles. The van der Waals surface area contributed by atoms with Gasteiger partial charge in [0.05, 0.1) is 12.7 Å². The number of hydrogen-bond donors (Lipinski definition) is 1. The molecule has 1 aromatic rings. The van der Waals surface area contributed by atoms with Crippen LogP contribution in [0, 0.1) is 5.92 Å². The maximum Gasteiger partial charge on any atom is 0.255 e. The van der Waals surface area contributed by atoms with Crippen LogP contribution in [0.15, 0.2) is 24.3 Å². The van der Waals surface area contributed by atoms with Crippen molar-refractivity contribution in [3.63, 3.8) is 0 Å². The molecule has 1 rings (SSSR count). The van der Waals surface area contributed by atoms with Gasteiger partial charge in [-0.15, -0.1) is 0 Å². The molecule has 0 bridgehead atoms. The molecule has 0 aromatic heterocycles. The van der Waals surface area contributed by atoms with Crippen molar-refractivity contribution in [1.82, 2.24) is 5.32 Å². The summed E-state index contributed by atoms with van der Waals surface area (Å²) in [7, 11) is 1.41. The number of para-hydroxylation sites is 1. The molecule has 0 saturated heterocycles. The second-order valence-corrected chi connectivity index (χ2v) is 3.85. The van der Waals surface area contributed by atoms with Gasteiger partial charge in [-0.05, 0) is 18.1 Å². The van der Waals surface area contributed by atoms with Crippen LogP contribution in [0.2, 0.25) is 0 Å². The fourth-order valence-electron chi connectivity index (χ4n) is 1.21. The van der Waals surface area contributed by atoms with Crippen LogP contribution in [0.25, 0.3) is 0 Å². The normalized spacial score (nSPS) is 10.2. The average Bonchev–Trinajstić information content (AvgIpc) is 2.27. The van der Waals surface area contributed by atoms with Gasteiger partial charge in [0, 0.05) is 6.54 Å². The zero-order chi connectivity index (χ0) is 12.0. The molecule has 4 heteroatoms. The molecule has 4 nitrogen and oxygen atoms in total. The predicted octanol–water partition coefficient (Wildman–Crippen LogP) is 2.01. The minimum Gasteiger partial charge on any atom is -0.352 e. The highest BCUT2D eigenvalue weighted by Crippen LogP contribution is 2.17. The highest BCUT2D eigenvalue weighted by molar-refractivity contribution is 5.96. The van der Waals surface area contributed by atoms with Crippen LogP contribution in [0.5, 0.6) is 5.75 Å². The lowest BCUT2D eigenvalue weighted by molar-refractivity contribution is -0.178. The van der Waals surface area contributed by atoms with E-state index in [1.165, 1.54) is 7.11 Å². The first-order valence-corrected chi connectivity index (χ1v) is 5.23. The van der Waals surface area contributed by atoms with Crippen molar-refractivity contribution in [1.29, 1.82) is 0 Å². The molecular weight excluding hydrogens is 206 g/mol. The average molecular weight is 223 g/mol. The number of carbonyl (C=O) groups excluding carboxylic acids is 1. The summed E-state index contributed by atoms with van der Waals surface area (Å²) in [5.74, 6) is 0.687. The summed E-state index contributed by atoms with van der Waals surface area (Å²) in [5.41, 5.74) is 0.477. The second-order valence-electron chi connectivity index (χ2n) is 3.85. The molecule has 0 heterocycles. The lowest BCUT2D eigenvalue weighted by Gasteiger charge is -2.10. The van der Waals surface area contributed by atoms with E-state index < -0.39 is 0 Å². The number of carbonyl (C=O) groups is 1. The van der Waals surface area contributed by atoms with Gasteiger partial charge in [-0.1, -0.05) is 26.0 Å². The van der Waals surface area contributed by atoms with Gasteiger partial charge >= 0.3 is 0 Å². The van der Waals surface area contributed by atoms with Crippen LogP contribution in [-0.2, 0) is 4.89 Å². The maximum atomic E-state index is 11.8. The summed E-state index contributed by atoms with van der Waals surface area (Å²) in [6.07, 6.45) is 0. The number of hydrogen-bond acceptors (Lipinski definition) is 3. The van der Waals surface area contributed by atoms with Crippen molar-refractivity contribution in [3.8, 4) is 5.75 Å². The Balaban J connectivity index is 2.73. The standard InChI is InChI=1S/C12H17NO3/c1-9(2)8-13-12(14)10-6-4-5-7-11(10)16-15-3/h4-7,9H,8H2,1-3H3,(H,13,14). The predicted molar refractivity (Wildman–Crippen MR) is 61.3 cm³/mol. The largest absolute Gasteiger partial charge is 0.352 e. The molecule has 0 unspecified atom stereocenters. The first-order valence-electron chi connectivity index (χ1n) is 5.23. The summed E-state index contributed by atoms with van der Waals surface area (Å²) in [4.78, 5) is 21.3. The Hall–Kier alpha value is -1.55. The van der Waals surface area contributed by atoms with Crippen molar-refractivity contribution in [2.45, 2.75) is 13.8 Å². The van der Waals surface area contributed by atoms with Gasteiger partial charge in [0.2, 0.25) is 0 Å². The molecule has 16 heavy (non-hydrogen) atoms. The van der Waals surface area contributed by atoms with E-state index in [4.69, 9.17) is 4.89 Å². The molecule has 0 spiro atoms. The molecule has 1 N–H and O–H groups in total. The Morgan fingerprint density at radius 3 is 2.69 bits per heavy atom. The number of rotatable bonds is 5. The Bertz CT molecular complexity index is 350. The van der Waals surface area contributed by atoms with Gasteiger partial charge in [0.15, 0.2) is 5.75 Å². The Morgan fingerprint density at radius 2 is 2.06 bits per heavy atom. The minimum atomic E-state index is -0.152. The van der Waals surface area contributed by atoms with Gasteiger partial charge in [0.1, 0.15) is 0 Å². The number of amides is 1. The zero-order valence-corrected chi connectivity index (χ0v) is 9.82. The van der Waals surface area contributed by atoms with Gasteiger partial charge in [0.25, 0.3) is 5.91 Å². The molecule has 0 aliphatic heterocycles. The SMILES string of the molecule is COOc1ccccc1C(=O)NCC(C)C. The van der Waals surface area contributed by atoms with Crippen LogP contribution in [0.3, 0.4) is 0 Å². The summed E-state index contributed by atoms with van der Waals surface area (Å²) in [6.45, 7) is 4.72. The molecule has 0 radical (unpaired) electrons. The van der Waals surface area contributed by atoms with Gasteiger partial charge < -0.3 is 10.2 Å². The minimum absolute atomic E-state index is 0.152. The first-order chi connectivity index (χ1) is 7.65. The molecular formula is C12H17NO3. The molecule has 0 fully saturated rings. The molecule has 0 atom stereocenters. The quantitative estimate of drug-likeness (QED) is 0.613. The van der Waals surface area contributed by atoms with E-state index in [0.717, 1.165) is 0 Å². The van der Waals surface area contributed by atoms with Crippen LogP contribution >= 0.6 is 0 Å². The van der Waals surface area contributed by atoms with E-state index in [1.807, 2.05) is 13.8 Å². The van der Waals surface area contributed by atoms with Crippen molar-refractivity contribution >= 4 is 5.91 Å². The fraction of sp³-hybridized carbons (Fsp3) is 0.417. The molecule has 0 aliphatic rings. The third kappa shape index (κ3) is 3.55. The van der Waals surface area contributed by atoms with Crippen molar-refractivity contribution in [2.24, 2.45) is 5.92 Å². The third-order valence-corrected chi connectivity index (χ3v) is 1.98. The van der Waals surface area contributed by atoms with E-state index >= 15 is 0 Å². The Morgan fingerprint density at radius 1 is 1.38 bits per heavy atom.